The molecule has 14 heavy (non-hydrogen) atoms. The topological polar surface area (TPSA) is 75.0 Å². The van der Waals surface area contributed by atoms with Gasteiger partial charge in [0, 0.05) is 24.2 Å². The Bertz CT molecular complexity index is 342. The van der Waals surface area contributed by atoms with Gasteiger partial charge in [-0.2, -0.15) is 5.10 Å². The van der Waals surface area contributed by atoms with Crippen molar-refractivity contribution in [3.05, 3.63) is 11.8 Å². The van der Waals surface area contributed by atoms with E-state index in [2.05, 4.69) is 10.2 Å². The maximum Gasteiger partial charge on any atom is 0.320 e. The van der Waals surface area contributed by atoms with E-state index >= 15 is 0 Å². The highest BCUT2D eigenvalue weighted by Crippen LogP contribution is 2.39. The highest BCUT2D eigenvalue weighted by molar-refractivity contribution is 5.89. The van der Waals surface area contributed by atoms with Crippen LogP contribution in [0.15, 0.2) is 6.07 Å². The maximum atomic E-state index is 11.0. The second-order valence-corrected chi connectivity index (χ2v) is 3.54. The SMILES string of the molecule is CCN(C(N)=O)c1cc(C2CC2)[nH]n1. The van der Waals surface area contributed by atoms with Crippen molar-refractivity contribution in [1.29, 1.82) is 0 Å². The van der Waals surface area contributed by atoms with Gasteiger partial charge in [-0.15, -0.1) is 0 Å². The number of carbonyl (C=O) groups excluding carboxylic acids is 1. The third-order valence-corrected chi connectivity index (χ3v) is 2.46. The van der Waals surface area contributed by atoms with Gasteiger partial charge in [0.15, 0.2) is 5.82 Å². The van der Waals surface area contributed by atoms with Gasteiger partial charge in [-0.25, -0.2) is 4.79 Å². The molecule has 1 saturated carbocycles. The van der Waals surface area contributed by atoms with Crippen LogP contribution in [-0.4, -0.2) is 22.8 Å². The van der Waals surface area contributed by atoms with Crippen molar-refractivity contribution in [3.63, 3.8) is 0 Å². The van der Waals surface area contributed by atoms with Gasteiger partial charge in [-0.05, 0) is 19.8 Å². The van der Waals surface area contributed by atoms with Crippen molar-refractivity contribution < 1.29 is 4.79 Å². The fourth-order valence-electron chi connectivity index (χ4n) is 1.50. The van der Waals surface area contributed by atoms with E-state index in [1.54, 1.807) is 0 Å². The van der Waals surface area contributed by atoms with Crippen molar-refractivity contribution in [2.45, 2.75) is 25.7 Å². The molecular formula is C9H14N4O. The predicted molar refractivity (Wildman–Crippen MR) is 53.2 cm³/mol. The van der Waals surface area contributed by atoms with Crippen LogP contribution in [0.1, 0.15) is 31.4 Å². The Hall–Kier alpha value is -1.52. The number of nitrogens with zero attached hydrogens (tertiary/aromatic N) is 2. The number of carbonyl (C=O) groups is 1. The van der Waals surface area contributed by atoms with Crippen molar-refractivity contribution in [1.82, 2.24) is 10.2 Å². The summed E-state index contributed by atoms with van der Waals surface area (Å²) in [6.07, 6.45) is 2.43. The Labute approximate surface area is 82.3 Å². The van der Waals surface area contributed by atoms with Crippen LogP contribution in [0.4, 0.5) is 10.6 Å². The molecule has 2 amide bonds. The highest BCUT2D eigenvalue weighted by Gasteiger charge is 2.26. The lowest BCUT2D eigenvalue weighted by Gasteiger charge is -2.13. The molecule has 1 fully saturated rings. The molecule has 0 bridgehead atoms. The van der Waals surface area contributed by atoms with Crippen molar-refractivity contribution in [2.75, 3.05) is 11.4 Å². The number of urea groups is 1. The van der Waals surface area contributed by atoms with Gasteiger partial charge in [-0.1, -0.05) is 0 Å². The summed E-state index contributed by atoms with van der Waals surface area (Å²) in [5.74, 6) is 1.24. The lowest BCUT2D eigenvalue weighted by molar-refractivity contribution is 0.254. The number of rotatable bonds is 3. The monoisotopic (exact) mass is 194 g/mol. The smallest absolute Gasteiger partial charge is 0.320 e. The Kier molecular flexibility index (Phi) is 2.15. The molecule has 0 unspecified atom stereocenters. The third kappa shape index (κ3) is 1.57. The van der Waals surface area contributed by atoms with Crippen LogP contribution in [-0.2, 0) is 0 Å². The first-order valence-corrected chi connectivity index (χ1v) is 4.84. The summed E-state index contributed by atoms with van der Waals surface area (Å²) >= 11 is 0. The van der Waals surface area contributed by atoms with E-state index in [0.29, 0.717) is 18.3 Å². The minimum absolute atomic E-state index is 0.457. The summed E-state index contributed by atoms with van der Waals surface area (Å²) in [6, 6.07) is 1.45. The molecule has 0 spiro atoms. The number of aromatic nitrogens is 2. The van der Waals surface area contributed by atoms with Crippen molar-refractivity contribution >= 4 is 11.8 Å². The molecule has 0 aliphatic heterocycles. The predicted octanol–water partition coefficient (Wildman–Crippen LogP) is 1.19. The average molecular weight is 194 g/mol. The zero-order valence-corrected chi connectivity index (χ0v) is 8.16. The number of anilines is 1. The Balaban J connectivity index is 2.17. The molecule has 5 nitrogen and oxygen atoms in total. The zero-order chi connectivity index (χ0) is 10.1. The minimum atomic E-state index is -0.457. The van der Waals surface area contributed by atoms with Crippen molar-refractivity contribution in [2.24, 2.45) is 5.73 Å². The quantitative estimate of drug-likeness (QED) is 0.758. The van der Waals surface area contributed by atoms with Crippen LogP contribution in [0.25, 0.3) is 0 Å². The van der Waals surface area contributed by atoms with E-state index in [-0.39, 0.29) is 0 Å². The van der Waals surface area contributed by atoms with Gasteiger partial charge in [0.05, 0.1) is 0 Å². The molecule has 1 aromatic heterocycles. The number of hydrogen-bond donors (Lipinski definition) is 2. The lowest BCUT2D eigenvalue weighted by atomic mass is 10.3. The van der Waals surface area contributed by atoms with Crippen LogP contribution in [0.3, 0.4) is 0 Å². The molecule has 1 aliphatic carbocycles. The number of nitrogens with two attached hydrogens (primary N) is 1. The number of primary amides is 1. The molecule has 1 aliphatic rings. The molecule has 5 heteroatoms. The Morgan fingerprint density at radius 1 is 1.79 bits per heavy atom. The second-order valence-electron chi connectivity index (χ2n) is 3.54. The minimum Gasteiger partial charge on any atom is -0.351 e. The summed E-state index contributed by atoms with van der Waals surface area (Å²) < 4.78 is 0. The Morgan fingerprint density at radius 3 is 3.00 bits per heavy atom. The first-order valence-electron chi connectivity index (χ1n) is 4.84. The standard InChI is InChI=1S/C9H14N4O/c1-2-13(9(10)14)8-5-7(11-12-8)6-3-4-6/h5-6H,2-4H2,1H3,(H2,10,14)(H,11,12). The van der Waals surface area contributed by atoms with Crippen LogP contribution in [0, 0.1) is 0 Å². The normalized spacial score (nSPS) is 15.5. The molecule has 3 N–H and O–H groups in total. The number of hydrogen-bond acceptors (Lipinski definition) is 2. The Morgan fingerprint density at radius 2 is 2.50 bits per heavy atom. The van der Waals surface area contributed by atoms with E-state index < -0.39 is 6.03 Å². The largest absolute Gasteiger partial charge is 0.351 e. The molecule has 2 rings (SSSR count). The fourth-order valence-corrected chi connectivity index (χ4v) is 1.50. The van der Waals surface area contributed by atoms with E-state index in [1.807, 2.05) is 13.0 Å². The highest BCUT2D eigenvalue weighted by atomic mass is 16.2. The van der Waals surface area contributed by atoms with Crippen molar-refractivity contribution in [3.8, 4) is 0 Å². The van der Waals surface area contributed by atoms with E-state index in [0.717, 1.165) is 5.69 Å². The molecular weight excluding hydrogens is 180 g/mol. The van der Waals surface area contributed by atoms with E-state index in [9.17, 15) is 4.79 Å². The molecule has 0 saturated heterocycles. The first kappa shape index (κ1) is 9.05. The molecule has 0 atom stereocenters. The van der Waals surface area contributed by atoms with Gasteiger partial charge in [0.1, 0.15) is 0 Å². The van der Waals surface area contributed by atoms with Crippen LogP contribution in [0.2, 0.25) is 0 Å². The first-order chi connectivity index (χ1) is 6.72. The van der Waals surface area contributed by atoms with Crippen LogP contribution >= 0.6 is 0 Å². The van der Waals surface area contributed by atoms with Crippen LogP contribution < -0.4 is 10.6 Å². The number of nitrogens with one attached hydrogen (secondary N) is 1. The molecule has 1 aromatic rings. The number of aromatic amines is 1. The zero-order valence-electron chi connectivity index (χ0n) is 8.16. The van der Waals surface area contributed by atoms with E-state index in [1.165, 1.54) is 17.7 Å². The summed E-state index contributed by atoms with van der Waals surface area (Å²) in [7, 11) is 0. The molecule has 1 heterocycles. The van der Waals surface area contributed by atoms with Gasteiger partial charge in [-0.3, -0.25) is 10.00 Å². The number of H-pyrrole nitrogens is 1. The molecule has 0 radical (unpaired) electrons. The summed E-state index contributed by atoms with van der Waals surface area (Å²) in [6.45, 7) is 2.42. The summed E-state index contributed by atoms with van der Waals surface area (Å²) in [4.78, 5) is 12.5. The average Bonchev–Trinajstić information content (AvgIpc) is 2.88. The van der Waals surface area contributed by atoms with Gasteiger partial charge in [0.25, 0.3) is 0 Å². The fraction of sp³-hybridized carbons (Fsp3) is 0.556. The van der Waals surface area contributed by atoms with E-state index in [4.69, 9.17) is 5.73 Å². The lowest BCUT2D eigenvalue weighted by Crippen LogP contribution is -2.35. The van der Waals surface area contributed by atoms with Gasteiger partial charge >= 0.3 is 6.03 Å². The molecule has 0 aromatic carbocycles. The van der Waals surface area contributed by atoms with Crippen LogP contribution in [0.5, 0.6) is 0 Å². The summed E-state index contributed by atoms with van der Waals surface area (Å²) in [5, 5.41) is 7.01. The summed E-state index contributed by atoms with van der Waals surface area (Å²) in [5.41, 5.74) is 6.32. The molecule has 76 valence electrons. The second kappa shape index (κ2) is 3.32. The van der Waals surface area contributed by atoms with Gasteiger partial charge in [0.2, 0.25) is 0 Å². The maximum absolute atomic E-state index is 11.0. The third-order valence-electron chi connectivity index (χ3n) is 2.46. The van der Waals surface area contributed by atoms with Gasteiger partial charge < -0.3 is 5.73 Å². The number of amides is 2.